The van der Waals surface area contributed by atoms with Crippen molar-refractivity contribution >= 4 is 22.9 Å². The van der Waals surface area contributed by atoms with E-state index < -0.39 is 0 Å². The molecule has 1 aliphatic rings. The number of H-pyrrole nitrogens is 1. The van der Waals surface area contributed by atoms with Crippen molar-refractivity contribution < 1.29 is 4.79 Å². The molecule has 0 unspecified atom stereocenters. The summed E-state index contributed by atoms with van der Waals surface area (Å²) in [5, 5.41) is 7.04. The molecule has 0 bridgehead atoms. The van der Waals surface area contributed by atoms with Crippen LogP contribution in [-0.2, 0) is 11.2 Å². The zero-order chi connectivity index (χ0) is 16.7. The summed E-state index contributed by atoms with van der Waals surface area (Å²) >= 11 is 0. The third-order valence-electron chi connectivity index (χ3n) is 4.35. The highest BCUT2D eigenvalue weighted by atomic mass is 16.2. The van der Waals surface area contributed by atoms with Crippen molar-refractivity contribution in [2.45, 2.75) is 25.8 Å². The lowest BCUT2D eigenvalue weighted by molar-refractivity contribution is -0.136. The van der Waals surface area contributed by atoms with Crippen molar-refractivity contribution in [3.05, 3.63) is 30.1 Å². The highest BCUT2D eigenvalue weighted by Gasteiger charge is 2.32. The number of nitrogens with two attached hydrogens (primary N) is 1. The first-order chi connectivity index (χ1) is 11.6. The standard InChI is InChI=1S/C15H18N8O/c1-9-4-10(21-20-9)2-3-12(24)22-5-11(6-22)23-8-19-13-14(16)17-7-18-15(13)23/h4,7-8,11H,2-3,5-6H2,1H3,(H,20,21)(H2,16,17,18). The Morgan fingerprint density at radius 3 is 2.96 bits per heavy atom. The third kappa shape index (κ3) is 2.47. The first-order valence-electron chi connectivity index (χ1n) is 7.83. The summed E-state index contributed by atoms with van der Waals surface area (Å²) < 4.78 is 1.97. The van der Waals surface area contributed by atoms with Crippen LogP contribution in [0.1, 0.15) is 23.9 Å². The molecule has 4 rings (SSSR count). The van der Waals surface area contributed by atoms with Gasteiger partial charge in [0.2, 0.25) is 5.91 Å². The van der Waals surface area contributed by atoms with Crippen LogP contribution < -0.4 is 5.73 Å². The van der Waals surface area contributed by atoms with Crippen LogP contribution in [0.15, 0.2) is 18.7 Å². The molecule has 9 nitrogen and oxygen atoms in total. The number of fused-ring (bicyclic) bond motifs is 1. The molecule has 3 aromatic heterocycles. The molecule has 0 radical (unpaired) electrons. The van der Waals surface area contributed by atoms with E-state index in [1.165, 1.54) is 6.33 Å². The van der Waals surface area contributed by atoms with E-state index in [0.29, 0.717) is 42.9 Å². The fourth-order valence-electron chi connectivity index (χ4n) is 2.97. The molecular weight excluding hydrogens is 308 g/mol. The number of hydrogen-bond acceptors (Lipinski definition) is 6. The van der Waals surface area contributed by atoms with Crippen LogP contribution in [0.5, 0.6) is 0 Å². The Morgan fingerprint density at radius 2 is 2.21 bits per heavy atom. The maximum atomic E-state index is 12.3. The van der Waals surface area contributed by atoms with Crippen LogP contribution >= 0.6 is 0 Å². The Morgan fingerprint density at radius 1 is 1.38 bits per heavy atom. The van der Waals surface area contributed by atoms with Gasteiger partial charge in [-0.25, -0.2) is 15.0 Å². The van der Waals surface area contributed by atoms with E-state index in [9.17, 15) is 4.79 Å². The van der Waals surface area contributed by atoms with E-state index in [1.807, 2.05) is 22.5 Å². The minimum atomic E-state index is 0.144. The highest BCUT2D eigenvalue weighted by molar-refractivity contribution is 5.81. The summed E-state index contributed by atoms with van der Waals surface area (Å²) in [5.41, 5.74) is 9.05. The average molecular weight is 326 g/mol. The molecule has 0 atom stereocenters. The molecule has 0 spiro atoms. The molecular formula is C15H18N8O. The number of amides is 1. The summed E-state index contributed by atoms with van der Waals surface area (Å²) in [6.07, 6.45) is 4.27. The Kier molecular flexibility index (Phi) is 3.40. The maximum Gasteiger partial charge on any atom is 0.223 e. The summed E-state index contributed by atoms with van der Waals surface area (Å²) in [6.45, 7) is 3.27. The molecule has 24 heavy (non-hydrogen) atoms. The molecule has 1 saturated heterocycles. The SMILES string of the molecule is Cc1cc(CCC(=O)N2CC(n3cnc4c(N)ncnc43)C2)n[nH]1. The molecule has 0 saturated carbocycles. The minimum absolute atomic E-state index is 0.144. The van der Waals surface area contributed by atoms with Crippen molar-refractivity contribution in [2.75, 3.05) is 18.8 Å². The molecule has 1 fully saturated rings. The largest absolute Gasteiger partial charge is 0.382 e. The van der Waals surface area contributed by atoms with Gasteiger partial charge in [0, 0.05) is 31.6 Å². The molecule has 124 valence electrons. The lowest BCUT2D eigenvalue weighted by Crippen LogP contribution is -2.50. The number of aryl methyl sites for hydroxylation is 2. The molecule has 0 aromatic carbocycles. The second kappa shape index (κ2) is 5.59. The number of anilines is 1. The Hall–Kier alpha value is -2.97. The Bertz CT molecular complexity index is 892. The number of carbonyl (C=O) groups is 1. The number of nitrogens with zero attached hydrogens (tertiary/aromatic N) is 6. The van der Waals surface area contributed by atoms with E-state index in [4.69, 9.17) is 5.73 Å². The normalized spacial score (nSPS) is 15.0. The van der Waals surface area contributed by atoms with Gasteiger partial charge in [0.1, 0.15) is 11.8 Å². The van der Waals surface area contributed by atoms with Crippen LogP contribution in [0, 0.1) is 6.92 Å². The van der Waals surface area contributed by atoms with Gasteiger partial charge in [-0.3, -0.25) is 9.89 Å². The van der Waals surface area contributed by atoms with E-state index in [1.54, 1.807) is 6.33 Å². The predicted octanol–water partition coefficient (Wildman–Crippen LogP) is 0.456. The number of aromatic amines is 1. The number of likely N-dealkylation sites (tertiary alicyclic amines) is 1. The third-order valence-corrected chi connectivity index (χ3v) is 4.35. The van der Waals surface area contributed by atoms with Gasteiger partial charge in [-0.1, -0.05) is 0 Å². The van der Waals surface area contributed by atoms with Crippen molar-refractivity contribution in [3.63, 3.8) is 0 Å². The van der Waals surface area contributed by atoms with Crippen molar-refractivity contribution in [2.24, 2.45) is 0 Å². The first-order valence-corrected chi connectivity index (χ1v) is 7.83. The van der Waals surface area contributed by atoms with E-state index in [-0.39, 0.29) is 11.9 Å². The van der Waals surface area contributed by atoms with Crippen LogP contribution in [-0.4, -0.2) is 53.6 Å². The maximum absolute atomic E-state index is 12.3. The molecule has 4 heterocycles. The smallest absolute Gasteiger partial charge is 0.223 e. The number of rotatable bonds is 4. The van der Waals surface area contributed by atoms with Gasteiger partial charge >= 0.3 is 0 Å². The van der Waals surface area contributed by atoms with Crippen molar-refractivity contribution in [3.8, 4) is 0 Å². The number of hydrogen-bond donors (Lipinski definition) is 2. The average Bonchev–Trinajstić information content (AvgIpc) is 3.12. The van der Waals surface area contributed by atoms with Gasteiger partial charge < -0.3 is 15.2 Å². The molecule has 1 aliphatic heterocycles. The van der Waals surface area contributed by atoms with Crippen molar-refractivity contribution in [1.29, 1.82) is 0 Å². The van der Waals surface area contributed by atoms with Gasteiger partial charge in [0.05, 0.1) is 18.1 Å². The van der Waals surface area contributed by atoms with E-state index in [0.717, 1.165) is 11.4 Å². The number of nitrogen functional groups attached to an aromatic ring is 1. The van der Waals surface area contributed by atoms with Crippen LogP contribution in [0.25, 0.3) is 11.2 Å². The van der Waals surface area contributed by atoms with Crippen molar-refractivity contribution in [1.82, 2.24) is 34.6 Å². The minimum Gasteiger partial charge on any atom is -0.382 e. The van der Waals surface area contributed by atoms with Crippen LogP contribution in [0.2, 0.25) is 0 Å². The van der Waals surface area contributed by atoms with Gasteiger partial charge in [-0.15, -0.1) is 0 Å². The lowest BCUT2D eigenvalue weighted by Gasteiger charge is -2.40. The Balaban J connectivity index is 1.37. The number of aromatic nitrogens is 6. The topological polar surface area (TPSA) is 119 Å². The first kappa shape index (κ1) is 14.6. The second-order valence-electron chi connectivity index (χ2n) is 6.08. The van der Waals surface area contributed by atoms with E-state index in [2.05, 4.69) is 25.1 Å². The fourth-order valence-corrected chi connectivity index (χ4v) is 2.97. The van der Waals surface area contributed by atoms with Gasteiger partial charge in [0.15, 0.2) is 11.5 Å². The number of nitrogens with one attached hydrogen (secondary N) is 1. The summed E-state index contributed by atoms with van der Waals surface area (Å²) in [4.78, 5) is 26.6. The van der Waals surface area contributed by atoms with Gasteiger partial charge in [-0.05, 0) is 13.0 Å². The zero-order valence-corrected chi connectivity index (χ0v) is 13.3. The van der Waals surface area contributed by atoms with Gasteiger partial charge in [0.25, 0.3) is 0 Å². The molecule has 9 heteroatoms. The quantitative estimate of drug-likeness (QED) is 0.719. The Labute approximate surface area is 137 Å². The summed E-state index contributed by atoms with van der Waals surface area (Å²) in [6, 6.07) is 2.15. The second-order valence-corrected chi connectivity index (χ2v) is 6.08. The monoisotopic (exact) mass is 326 g/mol. The lowest BCUT2D eigenvalue weighted by atomic mass is 10.1. The van der Waals surface area contributed by atoms with E-state index >= 15 is 0 Å². The van der Waals surface area contributed by atoms with Crippen LogP contribution in [0.3, 0.4) is 0 Å². The molecule has 1 amide bonds. The number of carbonyl (C=O) groups excluding carboxylic acids is 1. The highest BCUT2D eigenvalue weighted by Crippen LogP contribution is 2.26. The number of imidazole rings is 1. The predicted molar refractivity (Wildman–Crippen MR) is 87.0 cm³/mol. The molecule has 0 aliphatic carbocycles. The zero-order valence-electron chi connectivity index (χ0n) is 13.3. The van der Waals surface area contributed by atoms with Crippen LogP contribution in [0.4, 0.5) is 5.82 Å². The van der Waals surface area contributed by atoms with Gasteiger partial charge in [-0.2, -0.15) is 5.10 Å². The molecule has 3 aromatic rings. The summed E-state index contributed by atoms with van der Waals surface area (Å²) in [5.74, 6) is 0.519. The summed E-state index contributed by atoms with van der Waals surface area (Å²) in [7, 11) is 0. The fraction of sp³-hybridized carbons (Fsp3) is 0.400. The molecule has 3 N–H and O–H groups in total.